The van der Waals surface area contributed by atoms with Gasteiger partial charge in [-0.1, -0.05) is 52.3 Å². The van der Waals surface area contributed by atoms with Gasteiger partial charge in [-0.3, -0.25) is 4.79 Å². The molecule has 2 aliphatic rings. The molecule has 1 fully saturated rings. The molecule has 6 nitrogen and oxygen atoms in total. The van der Waals surface area contributed by atoms with Crippen LogP contribution in [0.5, 0.6) is 11.5 Å². The highest BCUT2D eigenvalue weighted by atomic mass is 35.5. The molecule has 0 N–H and O–H groups in total. The summed E-state index contributed by atoms with van der Waals surface area (Å²) in [6.07, 6.45) is 1.27. The van der Waals surface area contributed by atoms with E-state index in [1.54, 1.807) is 14.2 Å². The van der Waals surface area contributed by atoms with Gasteiger partial charge in [-0.15, -0.1) is 0 Å². The summed E-state index contributed by atoms with van der Waals surface area (Å²) in [4.78, 5) is 19.0. The van der Waals surface area contributed by atoms with E-state index in [2.05, 4.69) is 34.6 Å². The number of methoxy groups -OCH3 is 2. The Morgan fingerprint density at radius 3 is 2.27 bits per heavy atom. The van der Waals surface area contributed by atoms with Crippen molar-refractivity contribution in [1.29, 1.82) is 0 Å². The summed E-state index contributed by atoms with van der Waals surface area (Å²) < 4.78 is 13.1. The Labute approximate surface area is 223 Å². The summed E-state index contributed by atoms with van der Waals surface area (Å²) in [5, 5.41) is 5.80. The standard InChI is InChI=1S/C30H34ClN3O3/c1-29(2,3)27-26-24(17-8-13-22(36-6)23(14-17)37-7)25-20(15-30(4,5)16-21(25)35)32-28(26)34(33-27)19-11-9-18(31)10-12-19/h8-14,24-25H,15-16H2,1-7H3. The molecule has 3 aromatic rings. The third-order valence-electron chi connectivity index (χ3n) is 7.36. The fourth-order valence-corrected chi connectivity index (χ4v) is 5.88. The van der Waals surface area contributed by atoms with Crippen molar-refractivity contribution < 1.29 is 14.3 Å². The third-order valence-corrected chi connectivity index (χ3v) is 7.61. The number of aromatic nitrogens is 2. The van der Waals surface area contributed by atoms with E-state index in [-0.39, 0.29) is 28.4 Å². The Morgan fingerprint density at radius 2 is 1.65 bits per heavy atom. The van der Waals surface area contributed by atoms with Crippen LogP contribution in [-0.4, -0.2) is 35.5 Å². The van der Waals surface area contributed by atoms with E-state index in [1.807, 2.05) is 47.1 Å². The molecule has 2 heterocycles. The van der Waals surface area contributed by atoms with E-state index in [0.717, 1.165) is 40.5 Å². The summed E-state index contributed by atoms with van der Waals surface area (Å²) in [6.45, 7) is 10.7. The second-order valence-electron chi connectivity index (χ2n) is 11.9. The van der Waals surface area contributed by atoms with Crippen molar-refractivity contribution in [1.82, 2.24) is 9.78 Å². The first-order valence-corrected chi connectivity index (χ1v) is 13.0. The van der Waals surface area contributed by atoms with Crippen molar-refractivity contribution in [3.8, 4) is 17.2 Å². The maximum Gasteiger partial charge on any atom is 0.161 e. The average molecular weight is 520 g/mol. The minimum atomic E-state index is -0.345. The van der Waals surface area contributed by atoms with Crippen molar-refractivity contribution in [3.63, 3.8) is 0 Å². The number of halogens is 1. The van der Waals surface area contributed by atoms with E-state index in [4.69, 9.17) is 31.2 Å². The molecule has 7 heteroatoms. The van der Waals surface area contributed by atoms with Gasteiger partial charge in [-0.25, -0.2) is 9.67 Å². The average Bonchev–Trinajstić information content (AvgIpc) is 3.21. The van der Waals surface area contributed by atoms with Gasteiger partial charge in [0.2, 0.25) is 0 Å². The summed E-state index contributed by atoms with van der Waals surface area (Å²) >= 11 is 6.20. The molecule has 0 saturated heterocycles. The minimum Gasteiger partial charge on any atom is -0.493 e. The van der Waals surface area contributed by atoms with Crippen LogP contribution in [0.15, 0.2) is 47.5 Å². The Hall–Kier alpha value is -3.12. The van der Waals surface area contributed by atoms with Crippen LogP contribution in [-0.2, 0) is 10.2 Å². The summed E-state index contributed by atoms with van der Waals surface area (Å²) in [7, 11) is 3.26. The van der Waals surface area contributed by atoms with Gasteiger partial charge in [0.1, 0.15) is 5.78 Å². The quantitative estimate of drug-likeness (QED) is 0.370. The number of nitrogens with zero attached hydrogens (tertiary/aromatic N) is 3. The maximum atomic E-state index is 13.8. The molecular weight excluding hydrogens is 486 g/mol. The van der Waals surface area contributed by atoms with E-state index in [1.165, 1.54) is 0 Å². The highest BCUT2D eigenvalue weighted by Gasteiger charge is 2.48. The number of hydrogen-bond acceptors (Lipinski definition) is 5. The van der Waals surface area contributed by atoms with Crippen molar-refractivity contribution in [3.05, 3.63) is 64.3 Å². The van der Waals surface area contributed by atoms with Gasteiger partial charge in [-0.05, 0) is 53.8 Å². The van der Waals surface area contributed by atoms with Crippen LogP contribution in [0.1, 0.15) is 70.2 Å². The van der Waals surface area contributed by atoms with Gasteiger partial charge in [0.25, 0.3) is 0 Å². The molecule has 1 saturated carbocycles. The van der Waals surface area contributed by atoms with Gasteiger partial charge in [-0.2, -0.15) is 5.10 Å². The molecule has 1 aromatic heterocycles. The lowest BCUT2D eigenvalue weighted by Crippen LogP contribution is -2.42. The largest absolute Gasteiger partial charge is 0.493 e. The zero-order valence-corrected chi connectivity index (χ0v) is 23.3. The number of rotatable bonds is 4. The second kappa shape index (κ2) is 9.02. The second-order valence-corrected chi connectivity index (χ2v) is 12.3. The highest BCUT2D eigenvalue weighted by Crippen LogP contribution is 2.52. The van der Waals surface area contributed by atoms with Gasteiger partial charge < -0.3 is 9.47 Å². The monoisotopic (exact) mass is 519 g/mol. The Kier molecular flexibility index (Phi) is 6.22. The first-order valence-electron chi connectivity index (χ1n) is 12.6. The minimum absolute atomic E-state index is 0.149. The SMILES string of the molecule is COc1ccc(C2c3c(C(C)(C)C)nn(-c4ccc(Cl)cc4)c3N=C3CC(C)(C)CC(=O)C32)cc1OC. The fourth-order valence-electron chi connectivity index (χ4n) is 5.76. The van der Waals surface area contributed by atoms with Crippen LogP contribution in [0, 0.1) is 11.3 Å². The molecule has 2 unspecified atom stereocenters. The number of carbonyl (C=O) groups excluding carboxylic acids is 1. The van der Waals surface area contributed by atoms with E-state index < -0.39 is 0 Å². The predicted molar refractivity (Wildman–Crippen MR) is 147 cm³/mol. The van der Waals surface area contributed by atoms with Crippen LogP contribution in [0.2, 0.25) is 5.02 Å². The molecule has 0 radical (unpaired) electrons. The summed E-state index contributed by atoms with van der Waals surface area (Å²) in [5.41, 5.74) is 4.29. The van der Waals surface area contributed by atoms with Crippen LogP contribution in [0.3, 0.4) is 0 Å². The predicted octanol–water partition coefficient (Wildman–Crippen LogP) is 7.06. The van der Waals surface area contributed by atoms with Crippen molar-refractivity contribution in [2.75, 3.05) is 14.2 Å². The molecule has 0 bridgehead atoms. The zero-order chi connectivity index (χ0) is 26.7. The van der Waals surface area contributed by atoms with Crippen molar-refractivity contribution in [2.45, 2.75) is 58.8 Å². The lowest BCUT2D eigenvalue weighted by Gasteiger charge is -2.41. The van der Waals surface area contributed by atoms with Gasteiger partial charge >= 0.3 is 0 Å². The molecule has 194 valence electrons. The maximum absolute atomic E-state index is 13.8. The number of aliphatic imine (C=N–C) groups is 1. The third kappa shape index (κ3) is 4.46. The Bertz CT molecular complexity index is 1400. The van der Waals surface area contributed by atoms with E-state index in [0.29, 0.717) is 22.9 Å². The van der Waals surface area contributed by atoms with Crippen LogP contribution < -0.4 is 9.47 Å². The van der Waals surface area contributed by atoms with Gasteiger partial charge in [0.15, 0.2) is 17.3 Å². The van der Waals surface area contributed by atoms with E-state index in [9.17, 15) is 4.79 Å². The lowest BCUT2D eigenvalue weighted by molar-refractivity contribution is -0.124. The number of ketones is 1. The van der Waals surface area contributed by atoms with Crippen molar-refractivity contribution >= 4 is 28.9 Å². The molecule has 2 atom stereocenters. The van der Waals surface area contributed by atoms with Crippen molar-refractivity contribution in [2.24, 2.45) is 16.3 Å². The Morgan fingerprint density at radius 1 is 0.973 bits per heavy atom. The molecule has 37 heavy (non-hydrogen) atoms. The summed E-state index contributed by atoms with van der Waals surface area (Å²) in [6, 6.07) is 13.6. The molecule has 0 spiro atoms. The van der Waals surface area contributed by atoms with Crippen LogP contribution >= 0.6 is 11.6 Å². The Balaban J connectivity index is 1.83. The molecule has 1 aliphatic carbocycles. The number of benzene rings is 2. The molecule has 2 aromatic carbocycles. The fraction of sp³-hybridized carbons (Fsp3) is 0.433. The van der Waals surface area contributed by atoms with Gasteiger partial charge in [0, 0.05) is 34.1 Å². The first-order chi connectivity index (χ1) is 17.4. The lowest BCUT2D eigenvalue weighted by atomic mass is 9.63. The summed E-state index contributed by atoms with van der Waals surface area (Å²) in [5.74, 6) is 1.71. The van der Waals surface area contributed by atoms with Gasteiger partial charge in [0.05, 0.1) is 31.5 Å². The number of hydrogen-bond donors (Lipinski definition) is 0. The van der Waals surface area contributed by atoms with E-state index >= 15 is 0 Å². The van der Waals surface area contributed by atoms with Crippen LogP contribution in [0.25, 0.3) is 5.69 Å². The first kappa shape index (κ1) is 25.5. The smallest absolute Gasteiger partial charge is 0.161 e. The highest BCUT2D eigenvalue weighted by molar-refractivity contribution is 6.30. The number of Topliss-reactive ketones (excluding diaryl/α,β-unsaturated/α-hetero) is 1. The number of ether oxygens (including phenoxy) is 2. The molecule has 5 rings (SSSR count). The molecule has 1 aliphatic heterocycles. The molecular formula is C30H34ClN3O3. The van der Waals surface area contributed by atoms with Crippen LogP contribution in [0.4, 0.5) is 5.82 Å². The zero-order valence-electron chi connectivity index (χ0n) is 22.6. The number of carbonyl (C=O) groups is 1. The topological polar surface area (TPSA) is 65.7 Å². The number of fused-ring (bicyclic) bond motifs is 2. The normalized spacial score (nSPS) is 20.6. The molecule has 0 amide bonds.